The third-order valence-electron chi connectivity index (χ3n) is 3.70. The van der Waals surface area contributed by atoms with E-state index in [0.29, 0.717) is 5.75 Å². The fraction of sp³-hybridized carbons (Fsp3) is 0.667. The van der Waals surface area contributed by atoms with E-state index in [2.05, 4.69) is 34.6 Å². The van der Waals surface area contributed by atoms with Crippen LogP contribution in [0, 0.1) is 5.41 Å². The van der Waals surface area contributed by atoms with E-state index in [9.17, 15) is 13.0 Å². The van der Waals surface area contributed by atoms with Gasteiger partial charge in [-0.2, -0.15) is 0 Å². The average molecular weight is 397 g/mol. The van der Waals surface area contributed by atoms with Crippen molar-refractivity contribution in [3.05, 3.63) is 29.8 Å². The predicted molar refractivity (Wildman–Crippen MR) is 93.9 cm³/mol. The zero-order valence-corrected chi connectivity index (χ0v) is 20.6. The van der Waals surface area contributed by atoms with Crippen LogP contribution in [0.15, 0.2) is 24.3 Å². The molecule has 0 aromatic heterocycles. The summed E-state index contributed by atoms with van der Waals surface area (Å²) < 4.78 is 43.1. The van der Waals surface area contributed by atoms with Gasteiger partial charge in [0.05, 0.1) is 0 Å². The summed E-state index contributed by atoms with van der Waals surface area (Å²) in [5, 5.41) is 0. The average Bonchev–Trinajstić information content (AvgIpc) is 2.35. The second-order valence-electron chi connectivity index (χ2n) is 8.03. The van der Waals surface area contributed by atoms with Gasteiger partial charge in [-0.15, -0.1) is 0 Å². The number of ether oxygens (including phenoxy) is 2. The van der Waals surface area contributed by atoms with Crippen LogP contribution >= 0.6 is 0 Å². The van der Waals surface area contributed by atoms with Crippen molar-refractivity contribution in [2.45, 2.75) is 72.0 Å². The molecule has 0 saturated carbocycles. The maximum Gasteiger partial charge on any atom is 1.00 e. The maximum absolute atomic E-state index is 10.9. The summed E-state index contributed by atoms with van der Waals surface area (Å²) >= 11 is 0. The number of benzene rings is 1. The van der Waals surface area contributed by atoms with Crippen LogP contribution in [0.5, 0.6) is 5.75 Å². The first-order valence-electron chi connectivity index (χ1n) is 8.08. The standard InChI is InChI=1S/C18H30O5S.K/c1-13(22-14(2)24(19,20)21)23-16-10-8-15(9-11-16)18(6,7)12-17(3,4)5;/h8-11,13-14H,12H2,1-7H3,(H,19,20,21);/q;+1/p-1. The molecule has 1 aromatic carbocycles. The number of hydrogen-bond acceptors (Lipinski definition) is 5. The molecule has 0 spiro atoms. The zero-order chi connectivity index (χ0) is 18.8. The fourth-order valence-corrected chi connectivity index (χ4v) is 3.26. The molecule has 25 heavy (non-hydrogen) atoms. The minimum absolute atomic E-state index is 0. The number of hydrogen-bond donors (Lipinski definition) is 0. The Morgan fingerprint density at radius 1 is 1.04 bits per heavy atom. The topological polar surface area (TPSA) is 75.7 Å². The predicted octanol–water partition coefficient (Wildman–Crippen LogP) is 1.04. The molecule has 0 aliphatic rings. The van der Waals surface area contributed by atoms with E-state index >= 15 is 0 Å². The van der Waals surface area contributed by atoms with E-state index in [1.54, 1.807) is 6.92 Å². The molecule has 138 valence electrons. The molecule has 5 nitrogen and oxygen atoms in total. The van der Waals surface area contributed by atoms with Crippen molar-refractivity contribution >= 4 is 10.1 Å². The van der Waals surface area contributed by atoms with E-state index < -0.39 is 21.8 Å². The van der Waals surface area contributed by atoms with Gasteiger partial charge in [-0.1, -0.05) is 46.8 Å². The minimum atomic E-state index is -4.49. The Balaban J connectivity index is 0.00000576. The van der Waals surface area contributed by atoms with Crippen LogP contribution in [0.2, 0.25) is 0 Å². The second kappa shape index (κ2) is 9.64. The van der Waals surface area contributed by atoms with Crippen molar-refractivity contribution < 1.29 is 73.8 Å². The maximum atomic E-state index is 10.9. The summed E-state index contributed by atoms with van der Waals surface area (Å²) in [6.45, 7) is 13.8. The molecule has 0 aliphatic heterocycles. The SMILES string of the molecule is CC(Oc1ccc(C(C)(C)CC(C)(C)C)cc1)OC(C)S(=O)(=O)[O-].[K+]. The van der Waals surface area contributed by atoms with E-state index in [0.717, 1.165) is 6.42 Å². The summed E-state index contributed by atoms with van der Waals surface area (Å²) in [6.07, 6.45) is 0.204. The van der Waals surface area contributed by atoms with Gasteiger partial charge in [0.15, 0.2) is 6.29 Å². The Morgan fingerprint density at radius 2 is 1.52 bits per heavy atom. The molecule has 7 heteroatoms. The van der Waals surface area contributed by atoms with Gasteiger partial charge in [0.1, 0.15) is 21.3 Å². The molecule has 0 bridgehead atoms. The Kier molecular flexibility index (Phi) is 9.84. The van der Waals surface area contributed by atoms with Gasteiger partial charge in [0.2, 0.25) is 0 Å². The Morgan fingerprint density at radius 3 is 1.92 bits per heavy atom. The van der Waals surface area contributed by atoms with Crippen molar-refractivity contribution in [2.24, 2.45) is 5.41 Å². The van der Waals surface area contributed by atoms with E-state index in [1.165, 1.54) is 12.5 Å². The van der Waals surface area contributed by atoms with Crippen molar-refractivity contribution in [1.29, 1.82) is 0 Å². The van der Waals surface area contributed by atoms with Gasteiger partial charge >= 0.3 is 51.4 Å². The number of rotatable bonds is 7. The minimum Gasteiger partial charge on any atom is -0.746 e. The molecule has 0 heterocycles. The Hall–Kier alpha value is 0.526. The molecule has 2 atom stereocenters. The summed E-state index contributed by atoms with van der Waals surface area (Å²) in [5.74, 6) is 0.563. The third kappa shape index (κ3) is 9.33. The summed E-state index contributed by atoms with van der Waals surface area (Å²) in [7, 11) is -4.49. The smallest absolute Gasteiger partial charge is 0.746 e. The first-order valence-corrected chi connectivity index (χ1v) is 9.55. The normalized spacial score (nSPS) is 15.2. The summed E-state index contributed by atoms with van der Waals surface area (Å²) in [6, 6.07) is 7.66. The van der Waals surface area contributed by atoms with Gasteiger partial charge in [0.25, 0.3) is 0 Å². The molecular formula is C18H29KO5S. The van der Waals surface area contributed by atoms with Crippen LogP contribution in [-0.4, -0.2) is 24.7 Å². The third-order valence-corrected chi connectivity index (χ3v) is 4.62. The Labute approximate surface area is 195 Å². The first kappa shape index (κ1) is 25.5. The molecule has 0 aliphatic carbocycles. The summed E-state index contributed by atoms with van der Waals surface area (Å²) in [4.78, 5) is 0. The van der Waals surface area contributed by atoms with Crippen LogP contribution in [0.4, 0.5) is 0 Å². The molecule has 1 rings (SSSR count). The zero-order valence-electron chi connectivity index (χ0n) is 16.6. The molecule has 1 aromatic rings. The van der Waals surface area contributed by atoms with Crippen LogP contribution in [-0.2, 0) is 20.3 Å². The quantitative estimate of drug-likeness (QED) is 0.391. The monoisotopic (exact) mass is 396 g/mol. The van der Waals surface area contributed by atoms with Gasteiger partial charge in [-0.05, 0) is 48.8 Å². The van der Waals surface area contributed by atoms with Crippen LogP contribution in [0.3, 0.4) is 0 Å². The van der Waals surface area contributed by atoms with Crippen molar-refractivity contribution in [3.8, 4) is 5.75 Å². The fourth-order valence-electron chi connectivity index (χ4n) is 2.97. The van der Waals surface area contributed by atoms with Gasteiger partial charge in [-0.3, -0.25) is 0 Å². The summed E-state index contributed by atoms with van der Waals surface area (Å²) in [5.41, 5.74) is 0.0109. The van der Waals surface area contributed by atoms with Crippen molar-refractivity contribution in [2.75, 3.05) is 0 Å². The second-order valence-corrected chi connectivity index (χ2v) is 9.68. The van der Waals surface area contributed by atoms with E-state index in [-0.39, 0.29) is 62.2 Å². The van der Waals surface area contributed by atoms with Gasteiger partial charge in [0, 0.05) is 0 Å². The van der Waals surface area contributed by atoms with Crippen molar-refractivity contribution in [3.63, 3.8) is 0 Å². The molecule has 0 radical (unpaired) electrons. The largest absolute Gasteiger partial charge is 1.00 e. The van der Waals surface area contributed by atoms with Crippen LogP contribution in [0.1, 0.15) is 60.5 Å². The first-order chi connectivity index (χ1) is 10.7. The van der Waals surface area contributed by atoms with Crippen LogP contribution in [0.25, 0.3) is 0 Å². The van der Waals surface area contributed by atoms with Gasteiger partial charge < -0.3 is 14.0 Å². The molecule has 0 saturated heterocycles. The van der Waals surface area contributed by atoms with Crippen LogP contribution < -0.4 is 56.1 Å². The van der Waals surface area contributed by atoms with Crippen molar-refractivity contribution in [1.82, 2.24) is 0 Å². The molecule has 2 unspecified atom stereocenters. The molecule has 0 amide bonds. The molecular weight excluding hydrogens is 367 g/mol. The van der Waals surface area contributed by atoms with E-state index in [1.807, 2.05) is 24.3 Å². The Bertz CT molecular complexity index is 632. The molecule has 0 N–H and O–H groups in total. The van der Waals surface area contributed by atoms with E-state index in [4.69, 9.17) is 9.47 Å². The molecule has 0 fully saturated rings. The van der Waals surface area contributed by atoms with Gasteiger partial charge in [-0.25, -0.2) is 8.42 Å².